The maximum Gasteiger partial charge on any atom is 0.271 e. The smallest absolute Gasteiger partial charge is 0.271 e. The highest BCUT2D eigenvalue weighted by molar-refractivity contribution is 6.37. The Morgan fingerprint density at radius 1 is 0.943 bits per heavy atom. The van der Waals surface area contributed by atoms with Gasteiger partial charge in [-0.2, -0.15) is 5.10 Å². The maximum absolute atomic E-state index is 12.3. The first-order chi connectivity index (χ1) is 16.9. The Hall–Kier alpha value is -3.69. The maximum atomic E-state index is 12.3. The first-order valence-corrected chi connectivity index (χ1v) is 11.5. The number of hydrogen-bond donors (Lipinski definition) is 2. The van der Waals surface area contributed by atoms with Gasteiger partial charge in [0.15, 0.2) is 5.75 Å². The van der Waals surface area contributed by atoms with Crippen molar-refractivity contribution >= 4 is 57.7 Å². The second kappa shape index (κ2) is 11.2. The van der Waals surface area contributed by atoms with Gasteiger partial charge in [0.1, 0.15) is 12.4 Å². The van der Waals surface area contributed by atoms with Crippen molar-refractivity contribution in [2.75, 3.05) is 6.61 Å². The summed E-state index contributed by atoms with van der Waals surface area (Å²) >= 11 is 18.1. The largest absolute Gasteiger partial charge is 0.506 e. The van der Waals surface area contributed by atoms with Crippen LogP contribution in [0.2, 0.25) is 15.1 Å². The highest BCUT2D eigenvalue weighted by Gasteiger charge is 2.08. The molecular weight excluding hydrogens is 507 g/mol. The molecule has 5 nitrogen and oxygen atoms in total. The Morgan fingerprint density at radius 2 is 1.69 bits per heavy atom. The number of benzene rings is 4. The van der Waals surface area contributed by atoms with Gasteiger partial charge in [-0.25, -0.2) is 5.43 Å². The molecule has 4 aromatic rings. The Morgan fingerprint density at radius 3 is 2.43 bits per heavy atom. The van der Waals surface area contributed by atoms with Crippen molar-refractivity contribution in [2.24, 2.45) is 5.10 Å². The lowest BCUT2D eigenvalue weighted by atomic mass is 10.0. The number of hydrogen-bond acceptors (Lipinski definition) is 4. The number of hydrazone groups is 1. The van der Waals surface area contributed by atoms with Crippen molar-refractivity contribution in [1.29, 1.82) is 0 Å². The number of carbonyl (C=O) groups excluding carboxylic acids is 1. The molecule has 0 radical (unpaired) electrons. The highest BCUT2D eigenvalue weighted by Crippen LogP contribution is 2.32. The molecule has 1 amide bonds. The molecule has 0 unspecified atom stereocenters. The summed E-state index contributed by atoms with van der Waals surface area (Å²) in [6, 6.07) is 20.8. The molecule has 8 heteroatoms. The van der Waals surface area contributed by atoms with E-state index in [0.717, 1.165) is 21.9 Å². The molecule has 0 saturated heterocycles. The lowest BCUT2D eigenvalue weighted by Gasteiger charge is -2.07. The lowest BCUT2D eigenvalue weighted by Crippen LogP contribution is -2.17. The quantitative estimate of drug-likeness (QED) is 0.174. The number of nitrogens with zero attached hydrogens (tertiary/aromatic N) is 1. The Bertz CT molecular complexity index is 1490. The number of para-hydroxylation sites is 1. The van der Waals surface area contributed by atoms with E-state index in [1.807, 2.05) is 36.4 Å². The number of phenolic OH excluding ortho intramolecular Hbond substituents is 1. The Kier molecular flexibility index (Phi) is 7.79. The first kappa shape index (κ1) is 24.4. The van der Waals surface area contributed by atoms with Crippen LogP contribution in [-0.4, -0.2) is 23.8 Å². The summed E-state index contributed by atoms with van der Waals surface area (Å²) in [6.07, 6.45) is 1.56. The van der Waals surface area contributed by atoms with E-state index in [-0.39, 0.29) is 22.9 Å². The molecule has 4 aromatic carbocycles. The molecule has 0 spiro atoms. The Balaban J connectivity index is 1.49. The third-order valence-electron chi connectivity index (χ3n) is 4.97. The lowest BCUT2D eigenvalue weighted by molar-refractivity contribution is 0.0955. The predicted octanol–water partition coefficient (Wildman–Crippen LogP) is 6.70. The van der Waals surface area contributed by atoms with Gasteiger partial charge in [0, 0.05) is 16.7 Å². The minimum Gasteiger partial charge on any atom is -0.506 e. The standard InChI is InChI=1S/C27H17Cl3N2O3/c28-22-8-3-9-23(29)26(22)35-14-4-5-17-10-11-19(21-7-2-1-6-20(17)21)16-31-32-27(34)18-12-13-25(33)24(30)15-18/h1-3,6-13,15-16,33H,14H2,(H,32,34). The summed E-state index contributed by atoms with van der Waals surface area (Å²) in [5.41, 5.74) is 4.36. The first-order valence-electron chi connectivity index (χ1n) is 10.3. The van der Waals surface area contributed by atoms with E-state index >= 15 is 0 Å². The highest BCUT2D eigenvalue weighted by atomic mass is 35.5. The summed E-state index contributed by atoms with van der Waals surface area (Å²) < 4.78 is 5.63. The molecule has 2 N–H and O–H groups in total. The molecule has 0 saturated carbocycles. The monoisotopic (exact) mass is 522 g/mol. The SMILES string of the molecule is O=C(NN=Cc1ccc(C#CCOc2c(Cl)cccc2Cl)c2ccccc12)c1ccc(O)c(Cl)c1. The van der Waals surface area contributed by atoms with E-state index < -0.39 is 5.91 Å². The summed E-state index contributed by atoms with van der Waals surface area (Å²) in [6.45, 7) is 0.119. The molecule has 0 aliphatic carbocycles. The Labute approximate surface area is 216 Å². The van der Waals surface area contributed by atoms with E-state index in [1.54, 1.807) is 24.4 Å². The molecule has 0 heterocycles. The van der Waals surface area contributed by atoms with Crippen molar-refractivity contribution < 1.29 is 14.6 Å². The van der Waals surface area contributed by atoms with Crippen LogP contribution in [0.15, 0.2) is 77.9 Å². The van der Waals surface area contributed by atoms with E-state index in [0.29, 0.717) is 15.8 Å². The molecule has 0 aromatic heterocycles. The molecular formula is C27H17Cl3N2O3. The number of amides is 1. The third-order valence-corrected chi connectivity index (χ3v) is 5.87. The number of carbonyl (C=O) groups is 1. The van der Waals surface area contributed by atoms with E-state index in [9.17, 15) is 9.90 Å². The van der Waals surface area contributed by atoms with Crippen molar-refractivity contribution in [3.8, 4) is 23.3 Å². The van der Waals surface area contributed by atoms with Gasteiger partial charge in [0.25, 0.3) is 5.91 Å². The molecule has 0 aliphatic heterocycles. The fourth-order valence-corrected chi connectivity index (χ4v) is 3.96. The molecule has 0 fully saturated rings. The van der Waals surface area contributed by atoms with E-state index in [1.165, 1.54) is 18.2 Å². The molecule has 4 rings (SSSR count). The van der Waals surface area contributed by atoms with Crippen molar-refractivity contribution in [1.82, 2.24) is 5.43 Å². The number of fused-ring (bicyclic) bond motifs is 1. The van der Waals surface area contributed by atoms with Crippen LogP contribution in [0.4, 0.5) is 0 Å². The van der Waals surface area contributed by atoms with Gasteiger partial charge >= 0.3 is 0 Å². The summed E-state index contributed by atoms with van der Waals surface area (Å²) in [5, 5.41) is 16.3. The normalized spacial score (nSPS) is 10.7. The van der Waals surface area contributed by atoms with Gasteiger partial charge in [0.05, 0.1) is 21.3 Å². The van der Waals surface area contributed by atoms with Gasteiger partial charge in [-0.3, -0.25) is 4.79 Å². The van der Waals surface area contributed by atoms with E-state index in [4.69, 9.17) is 39.5 Å². The van der Waals surface area contributed by atoms with Crippen molar-refractivity contribution in [2.45, 2.75) is 0 Å². The van der Waals surface area contributed by atoms with Gasteiger partial charge in [-0.15, -0.1) is 0 Å². The van der Waals surface area contributed by atoms with Crippen LogP contribution in [-0.2, 0) is 0 Å². The minimum absolute atomic E-state index is 0.0877. The van der Waals surface area contributed by atoms with E-state index in [2.05, 4.69) is 22.4 Å². The van der Waals surface area contributed by atoms with Crippen LogP contribution in [0.5, 0.6) is 11.5 Å². The number of rotatable bonds is 5. The number of phenols is 1. The molecule has 0 aliphatic rings. The van der Waals surface area contributed by atoms with Gasteiger partial charge in [0.2, 0.25) is 0 Å². The number of halogens is 3. The van der Waals surface area contributed by atoms with Crippen LogP contribution < -0.4 is 10.2 Å². The molecule has 174 valence electrons. The predicted molar refractivity (Wildman–Crippen MR) is 141 cm³/mol. The molecule has 0 bridgehead atoms. The second-order valence-corrected chi connectivity index (χ2v) is 8.48. The van der Waals surface area contributed by atoms with Crippen LogP contribution in [0, 0.1) is 11.8 Å². The van der Waals surface area contributed by atoms with Crippen LogP contribution in [0.3, 0.4) is 0 Å². The van der Waals surface area contributed by atoms with Crippen LogP contribution in [0.25, 0.3) is 10.8 Å². The summed E-state index contributed by atoms with van der Waals surface area (Å²) in [4.78, 5) is 12.3. The van der Waals surface area contributed by atoms with Crippen molar-refractivity contribution in [3.63, 3.8) is 0 Å². The average Bonchev–Trinajstić information content (AvgIpc) is 2.85. The topological polar surface area (TPSA) is 70.9 Å². The zero-order valence-electron chi connectivity index (χ0n) is 18.1. The fraction of sp³-hybridized carbons (Fsp3) is 0.0370. The second-order valence-electron chi connectivity index (χ2n) is 7.25. The fourth-order valence-electron chi connectivity index (χ4n) is 3.28. The van der Waals surface area contributed by atoms with Crippen LogP contribution >= 0.6 is 34.8 Å². The zero-order valence-corrected chi connectivity index (χ0v) is 20.3. The third kappa shape index (κ3) is 5.87. The van der Waals surface area contributed by atoms with Gasteiger partial charge in [-0.1, -0.05) is 83.0 Å². The summed E-state index contributed by atoms with van der Waals surface area (Å²) in [5.74, 6) is 5.97. The van der Waals surface area contributed by atoms with Crippen molar-refractivity contribution in [3.05, 3.63) is 105 Å². The number of aromatic hydroxyl groups is 1. The number of nitrogens with one attached hydrogen (secondary N) is 1. The summed E-state index contributed by atoms with van der Waals surface area (Å²) in [7, 11) is 0. The zero-order chi connectivity index (χ0) is 24.8. The van der Waals surface area contributed by atoms with Gasteiger partial charge < -0.3 is 9.84 Å². The molecule has 0 atom stereocenters. The average molecular weight is 524 g/mol. The molecule has 35 heavy (non-hydrogen) atoms. The number of ether oxygens (including phenoxy) is 1. The van der Waals surface area contributed by atoms with Gasteiger partial charge in [-0.05, 0) is 47.2 Å². The van der Waals surface area contributed by atoms with Crippen LogP contribution in [0.1, 0.15) is 21.5 Å². The minimum atomic E-state index is -0.450.